The molecule has 0 aromatic carbocycles. The van der Waals surface area contributed by atoms with Gasteiger partial charge in [-0.25, -0.2) is 0 Å². The number of aliphatic carboxylic acids is 1. The highest BCUT2D eigenvalue weighted by molar-refractivity contribution is 5.66. The first-order valence-electron chi connectivity index (χ1n) is 3.25. The summed E-state index contributed by atoms with van der Waals surface area (Å²) in [5.74, 6) is -3.12. The topological polar surface area (TPSA) is 98.0 Å². The van der Waals surface area contributed by atoms with Crippen LogP contribution in [0.15, 0.2) is 0 Å². The minimum Gasteiger partial charge on any atom is -0.481 e. The largest absolute Gasteiger partial charge is 0.481 e. The number of aliphatic hydroxyl groups excluding tert-OH is 1. The number of carbonyl (C=O) groups is 1. The predicted molar refractivity (Wildman–Crippen MR) is 35.7 cm³/mol. The highest BCUT2D eigenvalue weighted by Gasteiger charge is 2.20. The molecule has 0 rings (SSSR count). The fraction of sp³-hybridized carbons (Fsp3) is 0.833. The lowest BCUT2D eigenvalue weighted by Gasteiger charge is -2.17. The van der Waals surface area contributed by atoms with E-state index in [1.807, 2.05) is 0 Å². The third-order valence-corrected chi connectivity index (χ3v) is 1.22. The molecular formula is C6H12O5. The summed E-state index contributed by atoms with van der Waals surface area (Å²) >= 11 is 0. The lowest BCUT2D eigenvalue weighted by Crippen LogP contribution is -2.32. The van der Waals surface area contributed by atoms with Gasteiger partial charge in [-0.05, 0) is 6.42 Å². The van der Waals surface area contributed by atoms with E-state index in [1.165, 1.54) is 0 Å². The Labute approximate surface area is 63.9 Å². The van der Waals surface area contributed by atoms with Crippen molar-refractivity contribution in [2.75, 3.05) is 6.61 Å². The van der Waals surface area contributed by atoms with Gasteiger partial charge < -0.3 is 20.4 Å². The van der Waals surface area contributed by atoms with Crippen LogP contribution in [0.4, 0.5) is 0 Å². The Bertz CT molecular complexity index is 131. The Morgan fingerprint density at radius 2 is 1.91 bits per heavy atom. The fourth-order valence-corrected chi connectivity index (χ4v) is 0.602. The maximum absolute atomic E-state index is 9.95. The third kappa shape index (κ3) is 5.78. The van der Waals surface area contributed by atoms with Crippen LogP contribution in [0.1, 0.15) is 19.3 Å². The molecule has 0 fully saturated rings. The molecule has 0 aliphatic rings. The second kappa shape index (κ2) is 4.27. The fourth-order valence-electron chi connectivity index (χ4n) is 0.602. The monoisotopic (exact) mass is 164 g/mol. The van der Waals surface area contributed by atoms with Crippen LogP contribution in [-0.4, -0.2) is 38.8 Å². The van der Waals surface area contributed by atoms with Crippen molar-refractivity contribution < 1.29 is 25.2 Å². The average Bonchev–Trinajstić information content (AvgIpc) is 1.87. The zero-order chi connectivity index (χ0) is 8.91. The summed E-state index contributed by atoms with van der Waals surface area (Å²) in [7, 11) is 0. The van der Waals surface area contributed by atoms with Gasteiger partial charge in [0.15, 0.2) is 5.79 Å². The smallest absolute Gasteiger partial charge is 0.303 e. The Morgan fingerprint density at radius 1 is 1.36 bits per heavy atom. The summed E-state index contributed by atoms with van der Waals surface area (Å²) in [6, 6.07) is 0. The molecule has 0 saturated carbocycles. The Kier molecular flexibility index (Phi) is 4.02. The molecule has 5 nitrogen and oxygen atoms in total. The lowest BCUT2D eigenvalue weighted by atomic mass is 10.1. The van der Waals surface area contributed by atoms with Gasteiger partial charge >= 0.3 is 5.97 Å². The van der Waals surface area contributed by atoms with Gasteiger partial charge in [-0.2, -0.15) is 0 Å². The van der Waals surface area contributed by atoms with E-state index >= 15 is 0 Å². The molecule has 0 atom stereocenters. The summed E-state index contributed by atoms with van der Waals surface area (Å²) in [5.41, 5.74) is 0. The summed E-state index contributed by atoms with van der Waals surface area (Å²) in [6.07, 6.45) is -0.110. The van der Waals surface area contributed by atoms with Crippen molar-refractivity contribution >= 4 is 5.97 Å². The van der Waals surface area contributed by atoms with E-state index < -0.39 is 18.4 Å². The summed E-state index contributed by atoms with van der Waals surface area (Å²) in [4.78, 5) is 9.95. The molecule has 0 bridgehead atoms. The number of hydrogen-bond acceptors (Lipinski definition) is 4. The van der Waals surface area contributed by atoms with E-state index in [-0.39, 0.29) is 19.3 Å². The van der Waals surface area contributed by atoms with Crippen molar-refractivity contribution in [1.82, 2.24) is 0 Å². The van der Waals surface area contributed by atoms with Gasteiger partial charge in [0.05, 0.1) is 6.61 Å². The molecule has 5 heteroatoms. The van der Waals surface area contributed by atoms with Gasteiger partial charge in [-0.15, -0.1) is 0 Å². The molecule has 0 aliphatic heterocycles. The van der Waals surface area contributed by atoms with Crippen LogP contribution in [0, 0.1) is 0 Å². The van der Waals surface area contributed by atoms with Crippen LogP contribution in [0.25, 0.3) is 0 Å². The molecule has 0 radical (unpaired) electrons. The number of aliphatic hydroxyl groups is 3. The van der Waals surface area contributed by atoms with E-state index in [2.05, 4.69) is 0 Å². The van der Waals surface area contributed by atoms with Gasteiger partial charge in [0.25, 0.3) is 0 Å². The van der Waals surface area contributed by atoms with E-state index in [0.717, 1.165) is 0 Å². The van der Waals surface area contributed by atoms with E-state index in [4.69, 9.17) is 20.4 Å². The molecule has 0 heterocycles. The SMILES string of the molecule is O=C(O)CCCC(O)(O)CO. The molecular weight excluding hydrogens is 152 g/mol. The average molecular weight is 164 g/mol. The second-order valence-corrected chi connectivity index (χ2v) is 2.39. The van der Waals surface area contributed by atoms with Gasteiger partial charge in [0.2, 0.25) is 0 Å². The Morgan fingerprint density at radius 3 is 2.27 bits per heavy atom. The van der Waals surface area contributed by atoms with E-state index in [1.54, 1.807) is 0 Å². The number of carboxylic acid groups (broad SMARTS) is 1. The van der Waals surface area contributed by atoms with Gasteiger partial charge in [0.1, 0.15) is 0 Å². The summed E-state index contributed by atoms with van der Waals surface area (Å²) in [5, 5.41) is 34.0. The molecule has 0 saturated heterocycles. The van der Waals surface area contributed by atoms with E-state index in [9.17, 15) is 4.79 Å². The minimum atomic E-state index is -2.13. The van der Waals surface area contributed by atoms with Crippen molar-refractivity contribution in [3.05, 3.63) is 0 Å². The molecule has 0 aliphatic carbocycles. The van der Waals surface area contributed by atoms with Crippen LogP contribution in [0.3, 0.4) is 0 Å². The van der Waals surface area contributed by atoms with Crippen LogP contribution in [-0.2, 0) is 4.79 Å². The van der Waals surface area contributed by atoms with Gasteiger partial charge in [0, 0.05) is 12.8 Å². The maximum Gasteiger partial charge on any atom is 0.303 e. The summed E-state index contributed by atoms with van der Waals surface area (Å²) < 4.78 is 0. The Balaban J connectivity index is 3.45. The Hall–Kier alpha value is -0.650. The van der Waals surface area contributed by atoms with Crippen LogP contribution >= 0.6 is 0 Å². The minimum absolute atomic E-state index is 0.122. The zero-order valence-corrected chi connectivity index (χ0v) is 6.03. The van der Waals surface area contributed by atoms with Crippen LogP contribution < -0.4 is 0 Å². The first kappa shape index (κ1) is 10.3. The molecule has 0 aromatic rings. The maximum atomic E-state index is 9.95. The third-order valence-electron chi connectivity index (χ3n) is 1.22. The first-order valence-corrected chi connectivity index (χ1v) is 3.25. The number of rotatable bonds is 5. The highest BCUT2D eigenvalue weighted by Crippen LogP contribution is 2.09. The van der Waals surface area contributed by atoms with Crippen molar-refractivity contribution in [3.8, 4) is 0 Å². The van der Waals surface area contributed by atoms with Crippen molar-refractivity contribution in [2.45, 2.75) is 25.0 Å². The molecule has 66 valence electrons. The molecule has 0 amide bonds. The van der Waals surface area contributed by atoms with Crippen molar-refractivity contribution in [2.24, 2.45) is 0 Å². The normalized spacial score (nSPS) is 11.5. The zero-order valence-electron chi connectivity index (χ0n) is 6.03. The number of carboxylic acids is 1. The highest BCUT2D eigenvalue weighted by atomic mass is 16.5. The molecule has 0 spiro atoms. The van der Waals surface area contributed by atoms with Gasteiger partial charge in [-0.3, -0.25) is 4.79 Å². The van der Waals surface area contributed by atoms with Crippen LogP contribution in [0.5, 0.6) is 0 Å². The lowest BCUT2D eigenvalue weighted by molar-refractivity contribution is -0.191. The van der Waals surface area contributed by atoms with E-state index in [0.29, 0.717) is 0 Å². The second-order valence-electron chi connectivity index (χ2n) is 2.39. The first-order chi connectivity index (χ1) is 4.98. The predicted octanol–water partition coefficient (Wildman–Crippen LogP) is -1.09. The number of hydrogen-bond donors (Lipinski definition) is 4. The molecule has 4 N–H and O–H groups in total. The molecule has 0 unspecified atom stereocenters. The quantitative estimate of drug-likeness (QED) is 0.387. The molecule has 0 aromatic heterocycles. The molecule has 11 heavy (non-hydrogen) atoms. The van der Waals surface area contributed by atoms with Crippen molar-refractivity contribution in [1.29, 1.82) is 0 Å². The van der Waals surface area contributed by atoms with Gasteiger partial charge in [-0.1, -0.05) is 0 Å². The van der Waals surface area contributed by atoms with Crippen LogP contribution in [0.2, 0.25) is 0 Å². The van der Waals surface area contributed by atoms with Crippen molar-refractivity contribution in [3.63, 3.8) is 0 Å². The summed E-state index contributed by atoms with van der Waals surface area (Å²) in [6.45, 7) is -0.771. The standard InChI is InChI=1S/C6H12O5/c7-4-6(10,11)3-1-2-5(8)9/h7,10-11H,1-4H2,(H,8,9).